The highest BCUT2D eigenvalue weighted by Crippen LogP contribution is 2.09. The number of nitrogens with one attached hydrogen (secondary N) is 1. The first kappa shape index (κ1) is 17.2. The molecule has 0 radical (unpaired) electrons. The van der Waals surface area contributed by atoms with Crippen LogP contribution in [0, 0.1) is 11.3 Å². The summed E-state index contributed by atoms with van der Waals surface area (Å²) < 4.78 is 6.68. The first-order valence-corrected chi connectivity index (χ1v) is 8.11. The van der Waals surface area contributed by atoms with E-state index in [1.54, 1.807) is 24.4 Å². The molecule has 2 aromatic carbocycles. The predicted octanol–water partition coefficient (Wildman–Crippen LogP) is 2.61. The van der Waals surface area contributed by atoms with Gasteiger partial charge in [-0.15, -0.1) is 5.10 Å². The average Bonchev–Trinajstić information content (AvgIpc) is 3.16. The van der Waals surface area contributed by atoms with Gasteiger partial charge in [-0.05, 0) is 30.2 Å². The fourth-order valence-corrected chi connectivity index (χ4v) is 2.35. The third kappa shape index (κ3) is 4.68. The Kier molecular flexibility index (Phi) is 5.58. The maximum atomic E-state index is 11.7. The van der Waals surface area contributed by atoms with Gasteiger partial charge < -0.3 is 10.1 Å². The number of nitrogens with zero attached hydrogens (tertiary/aromatic N) is 4. The number of nitriles is 1. The van der Waals surface area contributed by atoms with Gasteiger partial charge in [0.1, 0.15) is 12.3 Å². The monoisotopic (exact) mass is 347 g/mol. The van der Waals surface area contributed by atoms with Crippen molar-refractivity contribution in [3.05, 3.63) is 77.6 Å². The summed E-state index contributed by atoms with van der Waals surface area (Å²) in [6.07, 6.45) is 1.90. The van der Waals surface area contributed by atoms with Crippen LogP contribution in [-0.2, 0) is 17.8 Å². The molecule has 0 atom stereocenters. The summed E-state index contributed by atoms with van der Waals surface area (Å²) in [6, 6.07) is 19.0. The Hall–Kier alpha value is -3.66. The maximum Gasteiger partial charge on any atom is 0.407 e. The zero-order valence-electron chi connectivity index (χ0n) is 14.0. The lowest BCUT2D eigenvalue weighted by molar-refractivity contribution is 0.138. The summed E-state index contributed by atoms with van der Waals surface area (Å²) in [4.78, 5) is 11.7. The van der Waals surface area contributed by atoms with Gasteiger partial charge in [-0.25, -0.2) is 9.48 Å². The van der Waals surface area contributed by atoms with Crippen molar-refractivity contribution in [1.29, 1.82) is 5.26 Å². The van der Waals surface area contributed by atoms with Crippen LogP contribution in [0.5, 0.6) is 0 Å². The number of benzene rings is 2. The summed E-state index contributed by atoms with van der Waals surface area (Å²) in [6.45, 7) is 0.519. The Balaban J connectivity index is 1.47. The van der Waals surface area contributed by atoms with Crippen molar-refractivity contribution in [2.24, 2.45) is 0 Å². The third-order valence-corrected chi connectivity index (χ3v) is 3.66. The van der Waals surface area contributed by atoms with E-state index in [2.05, 4.69) is 21.7 Å². The molecule has 1 amide bonds. The smallest absolute Gasteiger partial charge is 0.407 e. The topological polar surface area (TPSA) is 92.8 Å². The average molecular weight is 347 g/mol. The van der Waals surface area contributed by atoms with Crippen LogP contribution in [0.15, 0.2) is 60.8 Å². The van der Waals surface area contributed by atoms with Crippen LogP contribution in [0.3, 0.4) is 0 Å². The van der Waals surface area contributed by atoms with Gasteiger partial charge in [0.2, 0.25) is 0 Å². The standard InChI is InChI=1S/C19H17N5O2/c20-12-16-7-4-8-18(11-16)24-13-17(22-23-24)14-26-19(25)21-10-9-15-5-2-1-3-6-15/h1-8,11,13H,9-10,14H2,(H,21,25). The van der Waals surface area contributed by atoms with Gasteiger partial charge in [0.25, 0.3) is 0 Å². The van der Waals surface area contributed by atoms with Crippen LogP contribution in [-0.4, -0.2) is 27.6 Å². The maximum absolute atomic E-state index is 11.7. The van der Waals surface area contributed by atoms with Gasteiger partial charge in [-0.3, -0.25) is 0 Å². The molecule has 3 aromatic rings. The van der Waals surface area contributed by atoms with E-state index < -0.39 is 6.09 Å². The minimum Gasteiger partial charge on any atom is -0.443 e. The van der Waals surface area contributed by atoms with Crippen molar-refractivity contribution in [3.63, 3.8) is 0 Å². The number of hydrogen-bond acceptors (Lipinski definition) is 5. The van der Waals surface area contributed by atoms with E-state index in [1.165, 1.54) is 4.68 Å². The predicted molar refractivity (Wildman–Crippen MR) is 94.4 cm³/mol. The number of amides is 1. The number of hydrogen-bond donors (Lipinski definition) is 1. The normalized spacial score (nSPS) is 10.1. The summed E-state index contributed by atoms with van der Waals surface area (Å²) in [5.74, 6) is 0. The first-order valence-electron chi connectivity index (χ1n) is 8.11. The van der Waals surface area contributed by atoms with E-state index in [0.29, 0.717) is 17.8 Å². The van der Waals surface area contributed by atoms with E-state index in [-0.39, 0.29) is 6.61 Å². The number of carbonyl (C=O) groups is 1. The Morgan fingerprint density at radius 1 is 1.19 bits per heavy atom. The number of alkyl carbamates (subject to hydrolysis) is 1. The molecule has 0 saturated carbocycles. The number of rotatable bonds is 6. The molecular formula is C19H17N5O2. The molecule has 7 heteroatoms. The van der Waals surface area contributed by atoms with Crippen molar-refractivity contribution in [2.45, 2.75) is 13.0 Å². The van der Waals surface area contributed by atoms with Crippen molar-refractivity contribution in [1.82, 2.24) is 20.3 Å². The quantitative estimate of drug-likeness (QED) is 0.740. The lowest BCUT2D eigenvalue weighted by Crippen LogP contribution is -2.26. The number of carbonyl (C=O) groups excluding carboxylic acids is 1. The van der Waals surface area contributed by atoms with Crippen molar-refractivity contribution in [2.75, 3.05) is 6.54 Å². The van der Waals surface area contributed by atoms with Gasteiger partial charge in [0, 0.05) is 6.54 Å². The van der Waals surface area contributed by atoms with Crippen LogP contribution in [0.25, 0.3) is 5.69 Å². The molecule has 26 heavy (non-hydrogen) atoms. The van der Waals surface area contributed by atoms with E-state index in [9.17, 15) is 4.79 Å². The molecule has 0 fully saturated rings. The SMILES string of the molecule is N#Cc1cccc(-n2cc(COC(=O)NCCc3ccccc3)nn2)c1. The summed E-state index contributed by atoms with van der Waals surface area (Å²) in [7, 11) is 0. The van der Waals surface area contributed by atoms with E-state index >= 15 is 0 Å². The Morgan fingerprint density at radius 3 is 2.85 bits per heavy atom. The Morgan fingerprint density at radius 2 is 2.04 bits per heavy atom. The highest BCUT2D eigenvalue weighted by Gasteiger charge is 2.07. The van der Waals surface area contributed by atoms with E-state index in [0.717, 1.165) is 17.7 Å². The number of ether oxygens (including phenoxy) is 1. The molecule has 1 aromatic heterocycles. The van der Waals surface area contributed by atoms with Gasteiger partial charge >= 0.3 is 6.09 Å². The molecule has 0 aliphatic rings. The van der Waals surface area contributed by atoms with Crippen LogP contribution >= 0.6 is 0 Å². The second-order valence-corrected chi connectivity index (χ2v) is 5.56. The zero-order valence-corrected chi connectivity index (χ0v) is 14.0. The fraction of sp³-hybridized carbons (Fsp3) is 0.158. The molecule has 0 aliphatic carbocycles. The molecule has 0 bridgehead atoms. The van der Waals surface area contributed by atoms with Crippen molar-refractivity contribution in [3.8, 4) is 11.8 Å². The van der Waals surface area contributed by atoms with E-state index in [1.807, 2.05) is 36.4 Å². The third-order valence-electron chi connectivity index (χ3n) is 3.66. The highest BCUT2D eigenvalue weighted by atomic mass is 16.5. The molecule has 1 heterocycles. The molecular weight excluding hydrogens is 330 g/mol. The molecule has 130 valence electrons. The molecule has 1 N–H and O–H groups in total. The lowest BCUT2D eigenvalue weighted by Gasteiger charge is -2.05. The molecule has 7 nitrogen and oxygen atoms in total. The lowest BCUT2D eigenvalue weighted by atomic mass is 10.1. The summed E-state index contributed by atoms with van der Waals surface area (Å²) >= 11 is 0. The second kappa shape index (κ2) is 8.44. The molecule has 0 spiro atoms. The Labute approximate surface area is 150 Å². The van der Waals surface area contributed by atoms with Gasteiger partial charge in [0.05, 0.1) is 23.5 Å². The van der Waals surface area contributed by atoms with Gasteiger partial charge in [0.15, 0.2) is 0 Å². The van der Waals surface area contributed by atoms with Gasteiger partial charge in [-0.2, -0.15) is 5.26 Å². The van der Waals surface area contributed by atoms with Crippen LogP contribution in [0.2, 0.25) is 0 Å². The molecule has 0 aliphatic heterocycles. The van der Waals surface area contributed by atoms with Crippen molar-refractivity contribution >= 4 is 6.09 Å². The van der Waals surface area contributed by atoms with Crippen LogP contribution < -0.4 is 5.32 Å². The second-order valence-electron chi connectivity index (χ2n) is 5.56. The van der Waals surface area contributed by atoms with Crippen molar-refractivity contribution < 1.29 is 9.53 Å². The van der Waals surface area contributed by atoms with E-state index in [4.69, 9.17) is 10.00 Å². The highest BCUT2D eigenvalue weighted by molar-refractivity contribution is 5.67. The summed E-state index contributed by atoms with van der Waals surface area (Å²) in [5, 5.41) is 19.6. The minimum absolute atomic E-state index is 0.0229. The zero-order chi connectivity index (χ0) is 18.2. The molecule has 3 rings (SSSR count). The van der Waals surface area contributed by atoms with Gasteiger partial charge in [-0.1, -0.05) is 41.6 Å². The van der Waals surface area contributed by atoms with Crippen LogP contribution in [0.4, 0.5) is 4.79 Å². The largest absolute Gasteiger partial charge is 0.443 e. The van der Waals surface area contributed by atoms with Crippen LogP contribution in [0.1, 0.15) is 16.8 Å². The fourth-order valence-electron chi connectivity index (χ4n) is 2.35. The first-order chi connectivity index (χ1) is 12.7. The number of aromatic nitrogens is 3. The summed E-state index contributed by atoms with van der Waals surface area (Å²) in [5.41, 5.74) is 2.92. The molecule has 0 saturated heterocycles. The molecule has 0 unspecified atom stereocenters. The Bertz CT molecular complexity index is 915. The minimum atomic E-state index is -0.498.